The van der Waals surface area contributed by atoms with Crippen LogP contribution in [-0.4, -0.2) is 53.9 Å². The lowest BCUT2D eigenvalue weighted by Crippen LogP contribution is -2.53. The van der Waals surface area contributed by atoms with Gasteiger partial charge in [0.15, 0.2) is 0 Å². The highest BCUT2D eigenvalue weighted by atomic mass is 19.3. The van der Waals surface area contributed by atoms with Crippen LogP contribution in [0.15, 0.2) is 0 Å². The van der Waals surface area contributed by atoms with Crippen molar-refractivity contribution in [2.24, 2.45) is 5.41 Å². The highest BCUT2D eigenvalue weighted by Crippen LogP contribution is 2.47. The van der Waals surface area contributed by atoms with Gasteiger partial charge in [0.05, 0.1) is 0 Å². The lowest BCUT2D eigenvalue weighted by molar-refractivity contribution is -0.162. The smallest absolute Gasteiger partial charge is 0.252 e. The van der Waals surface area contributed by atoms with Crippen LogP contribution in [0, 0.1) is 5.41 Å². The van der Waals surface area contributed by atoms with Crippen molar-refractivity contribution in [3.8, 4) is 0 Å². The van der Waals surface area contributed by atoms with E-state index in [0.29, 0.717) is 25.9 Å². The maximum Gasteiger partial charge on any atom is 0.252 e. The van der Waals surface area contributed by atoms with Crippen LogP contribution in [0.2, 0.25) is 0 Å². The summed E-state index contributed by atoms with van der Waals surface area (Å²) in [6.07, 6.45) is -0.211. The molecule has 1 aliphatic carbocycles. The summed E-state index contributed by atoms with van der Waals surface area (Å²) < 4.78 is 26.5. The molecule has 1 amide bonds. The normalized spacial score (nSPS) is 24.4. The molecule has 1 saturated carbocycles. The molecule has 0 bridgehead atoms. The zero-order valence-corrected chi connectivity index (χ0v) is 12.8. The van der Waals surface area contributed by atoms with Gasteiger partial charge in [-0.2, -0.15) is 0 Å². The highest BCUT2D eigenvalue weighted by Gasteiger charge is 2.53. The number of amides is 1. The van der Waals surface area contributed by atoms with Crippen molar-refractivity contribution in [2.75, 3.05) is 26.2 Å². The van der Waals surface area contributed by atoms with Crippen molar-refractivity contribution < 1.29 is 13.6 Å². The number of carbonyl (C=O) groups excluding carboxylic acids is 1. The molecule has 0 aromatic carbocycles. The van der Waals surface area contributed by atoms with Crippen LogP contribution in [0.3, 0.4) is 0 Å². The monoisotopic (exact) mass is 288 g/mol. The standard InChI is InChI=1S/C15H26F2N2O/c1-14(2,3)19-9-5-8-18(10-11-19)13(20)15(12(16)17)6-4-7-15/h12H,4-11H2,1-3H3. The minimum Gasteiger partial charge on any atom is -0.341 e. The van der Waals surface area contributed by atoms with E-state index in [2.05, 4.69) is 25.7 Å². The first kappa shape index (κ1) is 15.7. The molecule has 1 saturated heterocycles. The van der Waals surface area contributed by atoms with E-state index in [1.165, 1.54) is 0 Å². The van der Waals surface area contributed by atoms with Crippen molar-refractivity contribution in [1.29, 1.82) is 0 Å². The van der Waals surface area contributed by atoms with Gasteiger partial charge >= 0.3 is 0 Å². The molecule has 3 nitrogen and oxygen atoms in total. The van der Waals surface area contributed by atoms with Crippen molar-refractivity contribution in [3.05, 3.63) is 0 Å². The summed E-state index contributed by atoms with van der Waals surface area (Å²) >= 11 is 0. The lowest BCUT2D eigenvalue weighted by atomic mass is 9.68. The summed E-state index contributed by atoms with van der Waals surface area (Å²) in [5, 5.41) is 0. The fourth-order valence-corrected chi connectivity index (χ4v) is 3.19. The van der Waals surface area contributed by atoms with Gasteiger partial charge in [-0.1, -0.05) is 6.42 Å². The molecule has 2 rings (SSSR count). The summed E-state index contributed by atoms with van der Waals surface area (Å²) in [5.41, 5.74) is -1.30. The largest absolute Gasteiger partial charge is 0.341 e. The third-order valence-electron chi connectivity index (χ3n) is 4.82. The molecule has 0 atom stereocenters. The van der Waals surface area contributed by atoms with Crippen LogP contribution in [-0.2, 0) is 4.79 Å². The number of carbonyl (C=O) groups is 1. The number of nitrogens with zero attached hydrogens (tertiary/aromatic N) is 2. The van der Waals surface area contributed by atoms with E-state index in [9.17, 15) is 13.6 Å². The van der Waals surface area contributed by atoms with E-state index < -0.39 is 11.8 Å². The molecule has 0 N–H and O–H groups in total. The molecule has 1 heterocycles. The maximum absolute atomic E-state index is 13.3. The molecule has 0 aromatic heterocycles. The van der Waals surface area contributed by atoms with E-state index in [-0.39, 0.29) is 11.4 Å². The quantitative estimate of drug-likeness (QED) is 0.780. The van der Waals surface area contributed by atoms with E-state index in [0.717, 1.165) is 25.9 Å². The molecule has 20 heavy (non-hydrogen) atoms. The minimum absolute atomic E-state index is 0.0654. The molecule has 0 aromatic rings. The molecule has 0 spiro atoms. The predicted octanol–water partition coefficient (Wildman–Crippen LogP) is 2.75. The summed E-state index contributed by atoms with van der Waals surface area (Å²) in [4.78, 5) is 16.5. The van der Waals surface area contributed by atoms with Gasteiger partial charge in [0.1, 0.15) is 5.41 Å². The van der Waals surface area contributed by atoms with Crippen LogP contribution in [0.4, 0.5) is 8.78 Å². The third kappa shape index (κ3) is 2.83. The van der Waals surface area contributed by atoms with E-state index in [1.54, 1.807) is 4.90 Å². The minimum atomic E-state index is -2.52. The second-order valence-electron chi connectivity index (χ2n) is 7.11. The Balaban J connectivity index is 2.02. The van der Waals surface area contributed by atoms with Gasteiger partial charge in [-0.25, -0.2) is 8.78 Å². The Bertz CT molecular complexity index is 361. The Morgan fingerprint density at radius 1 is 1.05 bits per heavy atom. The molecule has 116 valence electrons. The lowest BCUT2D eigenvalue weighted by Gasteiger charge is -2.42. The van der Waals surface area contributed by atoms with E-state index in [4.69, 9.17) is 0 Å². The average molecular weight is 288 g/mol. The van der Waals surface area contributed by atoms with Crippen molar-refractivity contribution >= 4 is 5.91 Å². The zero-order chi connectivity index (χ0) is 15.0. The molecular formula is C15H26F2N2O. The Hall–Kier alpha value is -0.710. The Kier molecular flexibility index (Phi) is 4.38. The number of halogens is 2. The summed E-state index contributed by atoms with van der Waals surface area (Å²) in [5.74, 6) is -0.311. The van der Waals surface area contributed by atoms with Gasteiger partial charge < -0.3 is 4.90 Å². The van der Waals surface area contributed by atoms with Crippen molar-refractivity contribution in [1.82, 2.24) is 9.80 Å². The Labute approximate surface area is 120 Å². The zero-order valence-electron chi connectivity index (χ0n) is 12.8. The molecule has 0 radical (unpaired) electrons. The fraction of sp³-hybridized carbons (Fsp3) is 0.933. The molecular weight excluding hydrogens is 262 g/mol. The molecule has 2 aliphatic rings. The molecule has 1 aliphatic heterocycles. The highest BCUT2D eigenvalue weighted by molar-refractivity contribution is 5.84. The Morgan fingerprint density at radius 3 is 2.15 bits per heavy atom. The predicted molar refractivity (Wildman–Crippen MR) is 74.8 cm³/mol. The van der Waals surface area contributed by atoms with Gasteiger partial charge in [0, 0.05) is 31.7 Å². The SMILES string of the molecule is CC(C)(C)N1CCCN(C(=O)C2(C(F)F)CCC2)CC1. The van der Waals surface area contributed by atoms with Crippen LogP contribution in [0.1, 0.15) is 46.5 Å². The van der Waals surface area contributed by atoms with Gasteiger partial charge in [-0.05, 0) is 40.0 Å². The number of hydrogen-bond acceptors (Lipinski definition) is 2. The number of hydrogen-bond donors (Lipinski definition) is 0. The Morgan fingerprint density at radius 2 is 1.70 bits per heavy atom. The van der Waals surface area contributed by atoms with Gasteiger partial charge in [-0.3, -0.25) is 9.69 Å². The summed E-state index contributed by atoms with van der Waals surface area (Å²) in [7, 11) is 0. The number of rotatable bonds is 2. The number of alkyl halides is 2. The van der Waals surface area contributed by atoms with Gasteiger partial charge in [0.2, 0.25) is 5.91 Å². The van der Waals surface area contributed by atoms with Gasteiger partial charge in [0.25, 0.3) is 6.43 Å². The first-order chi connectivity index (χ1) is 9.27. The second kappa shape index (κ2) is 5.58. The van der Waals surface area contributed by atoms with Gasteiger partial charge in [-0.15, -0.1) is 0 Å². The molecule has 2 fully saturated rings. The first-order valence-corrected chi connectivity index (χ1v) is 7.60. The van der Waals surface area contributed by atoms with Crippen LogP contribution in [0.5, 0.6) is 0 Å². The second-order valence-corrected chi connectivity index (χ2v) is 7.11. The summed E-state index contributed by atoms with van der Waals surface area (Å²) in [6.45, 7) is 9.33. The van der Waals surface area contributed by atoms with Crippen LogP contribution < -0.4 is 0 Å². The fourth-order valence-electron chi connectivity index (χ4n) is 3.19. The first-order valence-electron chi connectivity index (χ1n) is 7.60. The molecule has 0 unspecified atom stereocenters. The summed E-state index contributed by atoms with van der Waals surface area (Å²) in [6, 6.07) is 0. The maximum atomic E-state index is 13.3. The van der Waals surface area contributed by atoms with Crippen molar-refractivity contribution in [2.45, 2.75) is 58.4 Å². The third-order valence-corrected chi connectivity index (χ3v) is 4.82. The van der Waals surface area contributed by atoms with E-state index >= 15 is 0 Å². The van der Waals surface area contributed by atoms with Crippen LogP contribution >= 0.6 is 0 Å². The van der Waals surface area contributed by atoms with Crippen molar-refractivity contribution in [3.63, 3.8) is 0 Å². The molecule has 5 heteroatoms. The average Bonchev–Trinajstić information content (AvgIpc) is 2.50. The van der Waals surface area contributed by atoms with Crippen LogP contribution in [0.25, 0.3) is 0 Å². The topological polar surface area (TPSA) is 23.6 Å². The van der Waals surface area contributed by atoms with E-state index in [1.807, 2.05) is 0 Å².